The lowest BCUT2D eigenvalue weighted by Gasteiger charge is -2.03. The van der Waals surface area contributed by atoms with Gasteiger partial charge in [-0.3, -0.25) is 4.79 Å². The van der Waals surface area contributed by atoms with Crippen LogP contribution in [0.1, 0.15) is 23.0 Å². The number of hydrogen-bond acceptors (Lipinski definition) is 5. The first-order valence-corrected chi connectivity index (χ1v) is 8.39. The molecule has 0 aliphatic heterocycles. The van der Waals surface area contributed by atoms with Crippen molar-refractivity contribution in [2.75, 3.05) is 6.61 Å². The first-order chi connectivity index (χ1) is 11.2. The molecular formula is C16H14ClN3O2S. The molecule has 0 aliphatic carbocycles. The Morgan fingerprint density at radius 3 is 2.91 bits per heavy atom. The molecule has 0 amide bonds. The summed E-state index contributed by atoms with van der Waals surface area (Å²) < 4.78 is 6.74. The molecule has 0 radical (unpaired) electrons. The molecule has 0 bridgehead atoms. The van der Waals surface area contributed by atoms with Crippen LogP contribution in [0.25, 0.3) is 11.4 Å². The molecule has 118 valence electrons. The zero-order chi connectivity index (χ0) is 16.2. The Morgan fingerprint density at radius 1 is 1.35 bits per heavy atom. The number of benzene rings is 1. The molecule has 5 nitrogen and oxygen atoms in total. The monoisotopic (exact) mass is 347 g/mol. The number of ether oxygens (including phenoxy) is 1. The van der Waals surface area contributed by atoms with Gasteiger partial charge in [0.1, 0.15) is 0 Å². The van der Waals surface area contributed by atoms with Crippen molar-refractivity contribution in [1.29, 1.82) is 0 Å². The zero-order valence-electron chi connectivity index (χ0n) is 12.4. The molecule has 7 heteroatoms. The lowest BCUT2D eigenvalue weighted by Crippen LogP contribution is -2.14. The van der Waals surface area contributed by atoms with E-state index >= 15 is 0 Å². The molecule has 3 aromatic rings. The Hall–Kier alpha value is -2.18. The largest absolute Gasteiger partial charge is 0.462 e. The van der Waals surface area contributed by atoms with Crippen molar-refractivity contribution in [3.63, 3.8) is 0 Å². The number of rotatable bonds is 5. The molecule has 0 atom stereocenters. The lowest BCUT2D eigenvalue weighted by atomic mass is 10.2. The standard InChI is InChI=1S/C16H14ClN3O2S/c1-2-8-22-16-18-14(11-5-3-6-12(17)10-11)20(19-16)15(21)13-7-4-9-23-13/h3-7,9-10H,2,8H2,1H3. The Bertz CT molecular complexity index is 815. The molecule has 0 saturated heterocycles. The molecule has 23 heavy (non-hydrogen) atoms. The first-order valence-electron chi connectivity index (χ1n) is 7.13. The van der Waals surface area contributed by atoms with Gasteiger partial charge in [-0.05, 0) is 30.0 Å². The number of nitrogens with zero attached hydrogens (tertiary/aromatic N) is 3. The third kappa shape index (κ3) is 3.43. The first kappa shape index (κ1) is 15.7. The van der Waals surface area contributed by atoms with Gasteiger partial charge in [-0.25, -0.2) is 0 Å². The van der Waals surface area contributed by atoms with Crippen LogP contribution in [-0.4, -0.2) is 27.3 Å². The Morgan fingerprint density at radius 2 is 2.22 bits per heavy atom. The summed E-state index contributed by atoms with van der Waals surface area (Å²) in [6.07, 6.45) is 0.833. The van der Waals surface area contributed by atoms with E-state index in [4.69, 9.17) is 16.3 Å². The summed E-state index contributed by atoms with van der Waals surface area (Å²) in [5, 5.41) is 6.62. The van der Waals surface area contributed by atoms with E-state index in [9.17, 15) is 4.79 Å². The van der Waals surface area contributed by atoms with E-state index in [-0.39, 0.29) is 11.9 Å². The van der Waals surface area contributed by atoms with Gasteiger partial charge >= 0.3 is 6.01 Å². The van der Waals surface area contributed by atoms with Gasteiger partial charge in [0.15, 0.2) is 5.82 Å². The van der Waals surface area contributed by atoms with Gasteiger partial charge < -0.3 is 4.74 Å². The van der Waals surface area contributed by atoms with Gasteiger partial charge in [0, 0.05) is 10.6 Å². The second-order valence-corrected chi connectivity index (χ2v) is 6.16. The predicted molar refractivity (Wildman–Crippen MR) is 90.3 cm³/mol. The van der Waals surface area contributed by atoms with Crippen LogP contribution in [-0.2, 0) is 0 Å². The van der Waals surface area contributed by atoms with Crippen LogP contribution in [0.4, 0.5) is 0 Å². The van der Waals surface area contributed by atoms with Crippen molar-refractivity contribution < 1.29 is 9.53 Å². The normalized spacial score (nSPS) is 10.7. The Kier molecular flexibility index (Phi) is 4.73. The van der Waals surface area contributed by atoms with Crippen molar-refractivity contribution in [2.45, 2.75) is 13.3 Å². The third-order valence-electron chi connectivity index (χ3n) is 3.03. The number of aromatic nitrogens is 3. The molecule has 0 fully saturated rings. The Labute approximate surface area is 142 Å². The molecule has 0 aliphatic rings. The van der Waals surface area contributed by atoms with E-state index in [0.717, 1.165) is 6.42 Å². The molecule has 0 N–H and O–H groups in total. The van der Waals surface area contributed by atoms with Gasteiger partial charge in [-0.2, -0.15) is 9.67 Å². The minimum absolute atomic E-state index is 0.187. The third-order valence-corrected chi connectivity index (χ3v) is 4.12. The van der Waals surface area contributed by atoms with E-state index in [1.54, 1.807) is 24.3 Å². The average molecular weight is 348 g/mol. The summed E-state index contributed by atoms with van der Waals surface area (Å²) in [5.41, 5.74) is 0.709. The number of carbonyl (C=O) groups excluding carboxylic acids is 1. The smallest absolute Gasteiger partial charge is 0.336 e. The van der Waals surface area contributed by atoms with Crippen molar-refractivity contribution in [3.8, 4) is 17.4 Å². The molecule has 0 saturated carbocycles. The van der Waals surface area contributed by atoms with E-state index < -0.39 is 0 Å². The summed E-state index contributed by atoms with van der Waals surface area (Å²) >= 11 is 7.40. The van der Waals surface area contributed by atoms with Gasteiger partial charge in [0.2, 0.25) is 0 Å². The number of halogens is 1. The Balaban J connectivity index is 2.05. The van der Waals surface area contributed by atoms with Gasteiger partial charge in [0.25, 0.3) is 5.91 Å². The molecule has 0 unspecified atom stereocenters. The highest BCUT2D eigenvalue weighted by atomic mass is 35.5. The van der Waals surface area contributed by atoms with Crippen LogP contribution < -0.4 is 4.74 Å². The number of carbonyl (C=O) groups is 1. The number of thiophene rings is 1. The van der Waals surface area contributed by atoms with Crippen LogP contribution in [0.2, 0.25) is 5.02 Å². The SMILES string of the molecule is CCCOc1nc(-c2cccc(Cl)c2)n(C(=O)c2cccs2)n1. The summed E-state index contributed by atoms with van der Waals surface area (Å²) in [6.45, 7) is 2.48. The average Bonchev–Trinajstić information content (AvgIpc) is 3.22. The van der Waals surface area contributed by atoms with Crippen molar-refractivity contribution >= 4 is 28.8 Å². The summed E-state index contributed by atoms with van der Waals surface area (Å²) in [6, 6.07) is 10.9. The second-order valence-electron chi connectivity index (χ2n) is 4.77. The molecule has 0 spiro atoms. The molecular weight excluding hydrogens is 334 g/mol. The highest BCUT2D eigenvalue weighted by Crippen LogP contribution is 2.24. The zero-order valence-corrected chi connectivity index (χ0v) is 14.0. The summed E-state index contributed by atoms with van der Waals surface area (Å²) in [5.74, 6) is 0.172. The highest BCUT2D eigenvalue weighted by Gasteiger charge is 2.20. The van der Waals surface area contributed by atoms with Gasteiger partial charge in [-0.1, -0.05) is 36.7 Å². The minimum atomic E-state index is -0.242. The van der Waals surface area contributed by atoms with E-state index in [1.807, 2.05) is 24.4 Å². The fourth-order valence-corrected chi connectivity index (χ4v) is 2.85. The maximum atomic E-state index is 12.7. The predicted octanol–water partition coefficient (Wildman–Crippen LogP) is 4.14. The fourth-order valence-electron chi connectivity index (χ4n) is 2.01. The van der Waals surface area contributed by atoms with Gasteiger partial charge in [0.05, 0.1) is 11.5 Å². The summed E-state index contributed by atoms with van der Waals surface area (Å²) in [7, 11) is 0. The quantitative estimate of drug-likeness (QED) is 0.696. The van der Waals surface area contributed by atoms with Crippen LogP contribution in [0.3, 0.4) is 0 Å². The number of hydrogen-bond donors (Lipinski definition) is 0. The topological polar surface area (TPSA) is 57.0 Å². The highest BCUT2D eigenvalue weighted by molar-refractivity contribution is 7.12. The molecule has 1 aromatic carbocycles. The molecule has 3 rings (SSSR count). The van der Waals surface area contributed by atoms with Crippen LogP contribution in [0.15, 0.2) is 41.8 Å². The van der Waals surface area contributed by atoms with Gasteiger partial charge in [-0.15, -0.1) is 16.4 Å². The summed E-state index contributed by atoms with van der Waals surface area (Å²) in [4.78, 5) is 17.6. The van der Waals surface area contributed by atoms with Crippen LogP contribution in [0, 0.1) is 0 Å². The molecule has 2 aromatic heterocycles. The van der Waals surface area contributed by atoms with E-state index in [0.29, 0.717) is 27.9 Å². The maximum Gasteiger partial charge on any atom is 0.336 e. The fraction of sp³-hybridized carbons (Fsp3) is 0.188. The van der Waals surface area contributed by atoms with Crippen molar-refractivity contribution in [3.05, 3.63) is 51.7 Å². The van der Waals surface area contributed by atoms with Crippen molar-refractivity contribution in [2.24, 2.45) is 0 Å². The maximum absolute atomic E-state index is 12.7. The van der Waals surface area contributed by atoms with E-state index in [2.05, 4.69) is 10.1 Å². The van der Waals surface area contributed by atoms with Crippen molar-refractivity contribution in [1.82, 2.24) is 14.8 Å². The second kappa shape index (κ2) is 6.93. The molecule has 2 heterocycles. The van der Waals surface area contributed by atoms with Crippen LogP contribution in [0.5, 0.6) is 6.01 Å². The van der Waals surface area contributed by atoms with E-state index in [1.165, 1.54) is 16.0 Å². The van der Waals surface area contributed by atoms with Crippen LogP contribution >= 0.6 is 22.9 Å². The minimum Gasteiger partial charge on any atom is -0.462 e. The lowest BCUT2D eigenvalue weighted by molar-refractivity contribution is 0.0949.